The van der Waals surface area contributed by atoms with Gasteiger partial charge in [-0.05, 0) is 51.5 Å². The summed E-state index contributed by atoms with van der Waals surface area (Å²) in [5.41, 5.74) is 1.17. The Labute approximate surface area is 129 Å². The molecule has 5 nitrogen and oxygen atoms in total. The van der Waals surface area contributed by atoms with E-state index in [0.29, 0.717) is 19.0 Å². The van der Waals surface area contributed by atoms with E-state index in [1.807, 2.05) is 11.9 Å². The first-order chi connectivity index (χ1) is 10.1. The molecule has 6 heteroatoms. The Hall–Kier alpha value is -0.980. The number of thiazole rings is 1. The number of amides is 1. The number of hydrogen-bond donors (Lipinski definition) is 2. The molecule has 0 spiro atoms. The third-order valence-electron chi connectivity index (χ3n) is 4.17. The molecule has 116 valence electrons. The average Bonchev–Trinajstić information content (AvgIpc) is 3.19. The summed E-state index contributed by atoms with van der Waals surface area (Å²) in [6.45, 7) is 0.862. The van der Waals surface area contributed by atoms with Crippen molar-refractivity contribution >= 4 is 22.4 Å². The Bertz CT molecular complexity index is 490. The monoisotopic (exact) mass is 309 g/mol. The molecule has 1 heterocycles. The van der Waals surface area contributed by atoms with E-state index >= 15 is 0 Å². The van der Waals surface area contributed by atoms with Gasteiger partial charge in [-0.1, -0.05) is 0 Å². The van der Waals surface area contributed by atoms with E-state index in [1.54, 1.807) is 11.3 Å². The van der Waals surface area contributed by atoms with E-state index in [9.17, 15) is 9.90 Å². The highest BCUT2D eigenvalue weighted by atomic mass is 32.1. The number of hydrogen-bond acceptors (Lipinski definition) is 5. The van der Waals surface area contributed by atoms with Crippen LogP contribution in [0.3, 0.4) is 0 Å². The van der Waals surface area contributed by atoms with Gasteiger partial charge in [-0.25, -0.2) is 4.98 Å². The molecular formula is C15H23N3O2S. The molecule has 1 unspecified atom stereocenters. The first-order valence-electron chi connectivity index (χ1n) is 7.77. The Kier molecular flexibility index (Phi) is 4.57. The van der Waals surface area contributed by atoms with Crippen molar-refractivity contribution in [3.05, 3.63) is 10.6 Å². The van der Waals surface area contributed by atoms with Crippen LogP contribution in [-0.2, 0) is 17.6 Å². The molecule has 0 saturated heterocycles. The summed E-state index contributed by atoms with van der Waals surface area (Å²) in [5, 5.41) is 13.5. The predicted octanol–water partition coefficient (Wildman–Crippen LogP) is 1.66. The van der Waals surface area contributed by atoms with Crippen molar-refractivity contribution in [3.63, 3.8) is 0 Å². The van der Waals surface area contributed by atoms with Crippen molar-refractivity contribution < 1.29 is 9.90 Å². The summed E-state index contributed by atoms with van der Waals surface area (Å²) in [6.07, 6.45) is 6.49. The lowest BCUT2D eigenvalue weighted by molar-refractivity contribution is -0.117. The normalized spacial score (nSPS) is 19.4. The summed E-state index contributed by atoms with van der Waals surface area (Å²) >= 11 is 1.61. The molecule has 1 saturated carbocycles. The van der Waals surface area contributed by atoms with E-state index in [4.69, 9.17) is 0 Å². The van der Waals surface area contributed by atoms with Crippen molar-refractivity contribution in [2.24, 2.45) is 5.92 Å². The van der Waals surface area contributed by atoms with Crippen LogP contribution in [0.25, 0.3) is 0 Å². The summed E-state index contributed by atoms with van der Waals surface area (Å²) in [5.74, 6) is 0.396. The SMILES string of the molecule is CN(CC(=O)Nc1nc2c(s1)CCCC2)CC(O)C1CC1. The van der Waals surface area contributed by atoms with Crippen molar-refractivity contribution in [3.8, 4) is 0 Å². The Morgan fingerprint density at radius 3 is 2.95 bits per heavy atom. The molecule has 0 aliphatic heterocycles. The van der Waals surface area contributed by atoms with Gasteiger partial charge in [0.25, 0.3) is 0 Å². The van der Waals surface area contributed by atoms with Gasteiger partial charge in [-0.15, -0.1) is 11.3 Å². The summed E-state index contributed by atoms with van der Waals surface area (Å²) in [6, 6.07) is 0. The van der Waals surface area contributed by atoms with Gasteiger partial charge in [-0.3, -0.25) is 9.69 Å². The number of aromatic nitrogens is 1. The molecule has 1 aromatic heterocycles. The van der Waals surface area contributed by atoms with Crippen molar-refractivity contribution in [2.45, 2.75) is 44.6 Å². The highest BCUT2D eigenvalue weighted by Gasteiger charge is 2.30. The molecule has 1 atom stereocenters. The predicted molar refractivity (Wildman–Crippen MR) is 83.6 cm³/mol. The topological polar surface area (TPSA) is 65.5 Å². The first-order valence-corrected chi connectivity index (χ1v) is 8.58. The third kappa shape index (κ3) is 4.02. The molecule has 1 amide bonds. The Morgan fingerprint density at radius 1 is 1.48 bits per heavy atom. The van der Waals surface area contributed by atoms with E-state index < -0.39 is 0 Å². The molecule has 0 radical (unpaired) electrons. The van der Waals surface area contributed by atoms with Crippen LogP contribution in [0.4, 0.5) is 5.13 Å². The fourth-order valence-electron chi connectivity index (χ4n) is 2.82. The molecule has 21 heavy (non-hydrogen) atoms. The van der Waals surface area contributed by atoms with Gasteiger partial charge in [-0.2, -0.15) is 0 Å². The van der Waals surface area contributed by atoms with Crippen molar-refractivity contribution in [1.82, 2.24) is 9.88 Å². The number of likely N-dealkylation sites (N-methyl/N-ethyl adjacent to an activating group) is 1. The van der Waals surface area contributed by atoms with Crippen LogP contribution >= 0.6 is 11.3 Å². The maximum Gasteiger partial charge on any atom is 0.240 e. The number of nitrogens with one attached hydrogen (secondary N) is 1. The minimum atomic E-state index is -0.296. The van der Waals surface area contributed by atoms with Gasteiger partial charge in [0.1, 0.15) is 0 Å². The van der Waals surface area contributed by atoms with Crippen molar-refractivity contribution in [2.75, 3.05) is 25.5 Å². The van der Waals surface area contributed by atoms with Gasteiger partial charge >= 0.3 is 0 Å². The zero-order chi connectivity index (χ0) is 14.8. The Balaban J connectivity index is 1.47. The smallest absolute Gasteiger partial charge is 0.240 e. The number of rotatable bonds is 6. The number of aliphatic hydroxyl groups is 1. The second-order valence-electron chi connectivity index (χ2n) is 6.25. The molecule has 2 aliphatic rings. The highest BCUT2D eigenvalue weighted by molar-refractivity contribution is 7.15. The van der Waals surface area contributed by atoms with Crippen LogP contribution in [0, 0.1) is 5.92 Å². The van der Waals surface area contributed by atoms with Crippen LogP contribution in [0.15, 0.2) is 0 Å². The number of fused-ring (bicyclic) bond motifs is 1. The third-order valence-corrected chi connectivity index (χ3v) is 5.24. The lowest BCUT2D eigenvalue weighted by Crippen LogP contribution is -2.36. The molecule has 0 bridgehead atoms. The first kappa shape index (κ1) is 14.9. The van der Waals surface area contributed by atoms with Gasteiger partial charge in [0.15, 0.2) is 5.13 Å². The van der Waals surface area contributed by atoms with Gasteiger partial charge in [0.05, 0.1) is 18.3 Å². The number of anilines is 1. The molecule has 1 aromatic rings. The zero-order valence-electron chi connectivity index (χ0n) is 12.5. The quantitative estimate of drug-likeness (QED) is 0.839. The molecular weight excluding hydrogens is 286 g/mol. The van der Waals surface area contributed by atoms with E-state index in [1.165, 1.54) is 23.4 Å². The van der Waals surface area contributed by atoms with Crippen LogP contribution < -0.4 is 5.32 Å². The van der Waals surface area contributed by atoms with Crippen molar-refractivity contribution in [1.29, 1.82) is 0 Å². The van der Waals surface area contributed by atoms with Crippen LogP contribution in [0.5, 0.6) is 0 Å². The fraction of sp³-hybridized carbons (Fsp3) is 0.733. The van der Waals surface area contributed by atoms with Crippen LogP contribution in [0.1, 0.15) is 36.3 Å². The van der Waals surface area contributed by atoms with Gasteiger partial charge < -0.3 is 10.4 Å². The molecule has 2 N–H and O–H groups in total. The number of carbonyl (C=O) groups excluding carboxylic acids is 1. The zero-order valence-corrected chi connectivity index (χ0v) is 13.3. The maximum absolute atomic E-state index is 12.0. The highest BCUT2D eigenvalue weighted by Crippen LogP contribution is 2.32. The van der Waals surface area contributed by atoms with E-state index in [-0.39, 0.29) is 12.0 Å². The number of carbonyl (C=O) groups is 1. The lowest BCUT2D eigenvalue weighted by atomic mass is 10.0. The minimum Gasteiger partial charge on any atom is -0.392 e. The molecule has 0 aromatic carbocycles. The van der Waals surface area contributed by atoms with Crippen LogP contribution in [-0.4, -0.2) is 47.1 Å². The average molecular weight is 309 g/mol. The molecule has 3 rings (SSSR count). The molecule has 2 aliphatic carbocycles. The minimum absolute atomic E-state index is 0.0495. The van der Waals surface area contributed by atoms with Gasteiger partial charge in [0, 0.05) is 11.4 Å². The fourth-order valence-corrected chi connectivity index (χ4v) is 3.89. The second-order valence-corrected chi connectivity index (χ2v) is 7.33. The summed E-state index contributed by atoms with van der Waals surface area (Å²) in [7, 11) is 1.87. The lowest BCUT2D eigenvalue weighted by Gasteiger charge is -2.19. The van der Waals surface area contributed by atoms with E-state index in [2.05, 4.69) is 10.3 Å². The number of aryl methyl sites for hydroxylation is 2. The second kappa shape index (κ2) is 6.42. The number of nitrogens with zero attached hydrogens (tertiary/aromatic N) is 2. The maximum atomic E-state index is 12.0. The summed E-state index contributed by atoms with van der Waals surface area (Å²) in [4.78, 5) is 19.8. The molecule has 1 fully saturated rings. The van der Waals surface area contributed by atoms with Gasteiger partial charge in [0.2, 0.25) is 5.91 Å². The number of aliphatic hydroxyl groups excluding tert-OH is 1. The largest absolute Gasteiger partial charge is 0.392 e. The van der Waals surface area contributed by atoms with E-state index in [0.717, 1.165) is 30.8 Å². The standard InChI is InChI=1S/C15H23N3O2S/c1-18(8-12(19)10-6-7-10)9-14(20)17-15-16-11-4-2-3-5-13(11)21-15/h10,12,19H,2-9H2,1H3,(H,16,17,20). The Morgan fingerprint density at radius 2 is 2.24 bits per heavy atom. The van der Waals surface area contributed by atoms with Crippen LogP contribution in [0.2, 0.25) is 0 Å². The summed E-state index contributed by atoms with van der Waals surface area (Å²) < 4.78 is 0.